The van der Waals surface area contributed by atoms with Crippen LogP contribution in [-0.4, -0.2) is 34.1 Å². The zero-order valence-corrected chi connectivity index (χ0v) is 10.6. The summed E-state index contributed by atoms with van der Waals surface area (Å²) in [5.74, 6) is 0.885. The lowest BCUT2D eigenvalue weighted by atomic mass is 9.85. The van der Waals surface area contributed by atoms with Gasteiger partial charge in [0.2, 0.25) is 0 Å². The first-order valence-corrected chi connectivity index (χ1v) is 6.39. The summed E-state index contributed by atoms with van der Waals surface area (Å²) in [5.41, 5.74) is 0. The Labute approximate surface area is 107 Å². The van der Waals surface area contributed by atoms with Crippen molar-refractivity contribution in [3.05, 3.63) is 18.6 Å². The first-order chi connectivity index (χ1) is 8.66. The van der Waals surface area contributed by atoms with Crippen LogP contribution in [-0.2, 0) is 4.79 Å². The molecule has 1 N–H and O–H groups in total. The zero-order valence-electron chi connectivity index (χ0n) is 10.6. The Kier molecular flexibility index (Phi) is 4.12. The van der Waals surface area contributed by atoms with Crippen molar-refractivity contribution in [1.29, 1.82) is 0 Å². The molecule has 0 aliphatic carbocycles. The van der Waals surface area contributed by atoms with Crippen molar-refractivity contribution in [2.24, 2.45) is 11.8 Å². The van der Waals surface area contributed by atoms with Gasteiger partial charge in [-0.2, -0.15) is 0 Å². The summed E-state index contributed by atoms with van der Waals surface area (Å²) in [4.78, 5) is 21.2. The number of hydrogen-bond donors (Lipinski definition) is 1. The van der Waals surface area contributed by atoms with Crippen molar-refractivity contribution in [1.82, 2.24) is 9.97 Å². The van der Waals surface area contributed by atoms with Gasteiger partial charge in [-0.25, -0.2) is 9.97 Å². The number of carboxylic acids is 1. The summed E-state index contributed by atoms with van der Waals surface area (Å²) in [6, 6.07) is 1.91. The maximum atomic E-state index is 10.8. The van der Waals surface area contributed by atoms with Gasteiger partial charge in [-0.05, 0) is 30.7 Å². The third-order valence-corrected chi connectivity index (χ3v) is 3.65. The molecule has 2 rings (SSSR count). The van der Waals surface area contributed by atoms with Crippen LogP contribution in [0.3, 0.4) is 0 Å². The largest absolute Gasteiger partial charge is 0.481 e. The van der Waals surface area contributed by atoms with Crippen LogP contribution in [0.4, 0.5) is 5.82 Å². The molecule has 0 spiro atoms. The Morgan fingerprint density at radius 2 is 2.50 bits per heavy atom. The van der Waals surface area contributed by atoms with Crippen LogP contribution in [0.15, 0.2) is 18.6 Å². The fraction of sp³-hybridized carbons (Fsp3) is 0.615. The lowest BCUT2D eigenvalue weighted by molar-refractivity contribution is -0.138. The number of piperidine rings is 1. The Morgan fingerprint density at radius 1 is 1.67 bits per heavy atom. The molecule has 1 aromatic heterocycles. The van der Waals surface area contributed by atoms with Crippen LogP contribution in [0, 0.1) is 11.8 Å². The first-order valence-electron chi connectivity index (χ1n) is 6.39. The van der Waals surface area contributed by atoms with Crippen LogP contribution >= 0.6 is 0 Å². The van der Waals surface area contributed by atoms with E-state index in [4.69, 9.17) is 5.11 Å². The van der Waals surface area contributed by atoms with Crippen LogP contribution in [0.25, 0.3) is 0 Å². The molecule has 5 heteroatoms. The van der Waals surface area contributed by atoms with E-state index in [9.17, 15) is 4.79 Å². The molecule has 2 heterocycles. The van der Waals surface area contributed by atoms with Gasteiger partial charge in [0.15, 0.2) is 0 Å². The maximum absolute atomic E-state index is 10.8. The molecule has 0 aromatic carbocycles. The highest BCUT2D eigenvalue weighted by Crippen LogP contribution is 2.28. The van der Waals surface area contributed by atoms with E-state index in [2.05, 4.69) is 14.9 Å². The Morgan fingerprint density at radius 3 is 3.17 bits per heavy atom. The minimum absolute atomic E-state index is 0.215. The Balaban J connectivity index is 1.98. The van der Waals surface area contributed by atoms with Gasteiger partial charge in [-0.3, -0.25) is 4.79 Å². The lowest BCUT2D eigenvalue weighted by Gasteiger charge is -2.36. The normalized spacial score (nSPS) is 21.6. The average Bonchev–Trinajstić information content (AvgIpc) is 2.39. The summed E-state index contributed by atoms with van der Waals surface area (Å²) in [7, 11) is 0. The van der Waals surface area contributed by atoms with Crippen LogP contribution < -0.4 is 4.90 Å². The Hall–Kier alpha value is -1.65. The standard InChI is InChI=1S/C13H19N3O2/c1-10(7-13(17)18)11-3-2-6-16(8-11)12-4-5-14-9-15-12/h4-5,9-11H,2-3,6-8H2,1H3,(H,17,18). The molecule has 0 bridgehead atoms. The van der Waals surface area contributed by atoms with Crippen molar-refractivity contribution in [2.45, 2.75) is 26.2 Å². The van der Waals surface area contributed by atoms with Gasteiger partial charge in [-0.1, -0.05) is 6.92 Å². The summed E-state index contributed by atoms with van der Waals surface area (Å²) in [5, 5.41) is 8.86. The number of hydrogen-bond acceptors (Lipinski definition) is 4. The molecule has 5 nitrogen and oxygen atoms in total. The molecule has 1 saturated heterocycles. The third-order valence-electron chi connectivity index (χ3n) is 3.65. The summed E-state index contributed by atoms with van der Waals surface area (Å²) in [6.45, 7) is 3.92. The maximum Gasteiger partial charge on any atom is 0.303 e. The minimum atomic E-state index is -0.707. The molecule has 1 aliphatic heterocycles. The zero-order chi connectivity index (χ0) is 13.0. The molecule has 0 amide bonds. The van der Waals surface area contributed by atoms with E-state index in [1.54, 1.807) is 12.5 Å². The van der Waals surface area contributed by atoms with Gasteiger partial charge in [0.05, 0.1) is 0 Å². The van der Waals surface area contributed by atoms with Gasteiger partial charge in [0.25, 0.3) is 0 Å². The van der Waals surface area contributed by atoms with Gasteiger partial charge >= 0.3 is 5.97 Å². The highest BCUT2D eigenvalue weighted by Gasteiger charge is 2.26. The molecule has 2 unspecified atom stereocenters. The Bertz CT molecular complexity index is 396. The fourth-order valence-corrected chi connectivity index (χ4v) is 2.60. The molecule has 1 aliphatic rings. The number of nitrogens with zero attached hydrogens (tertiary/aromatic N) is 3. The second kappa shape index (κ2) is 5.80. The van der Waals surface area contributed by atoms with E-state index in [1.807, 2.05) is 13.0 Å². The van der Waals surface area contributed by atoms with E-state index in [-0.39, 0.29) is 12.3 Å². The molecule has 1 aromatic rings. The first kappa shape index (κ1) is 12.8. The summed E-state index contributed by atoms with van der Waals surface area (Å²) >= 11 is 0. The van der Waals surface area contributed by atoms with E-state index in [1.165, 1.54) is 0 Å². The predicted octanol–water partition coefficient (Wildman–Crippen LogP) is 1.80. The van der Waals surface area contributed by atoms with Crippen LogP contribution in [0.5, 0.6) is 0 Å². The second-order valence-corrected chi connectivity index (χ2v) is 4.99. The van der Waals surface area contributed by atoms with Crippen LogP contribution in [0.1, 0.15) is 26.2 Å². The van der Waals surface area contributed by atoms with Crippen molar-refractivity contribution in [3.8, 4) is 0 Å². The number of carbonyl (C=O) groups is 1. The fourth-order valence-electron chi connectivity index (χ4n) is 2.60. The lowest BCUT2D eigenvalue weighted by Crippen LogP contribution is -2.38. The van der Waals surface area contributed by atoms with E-state index >= 15 is 0 Å². The highest BCUT2D eigenvalue weighted by molar-refractivity contribution is 5.67. The molecular weight excluding hydrogens is 230 g/mol. The summed E-state index contributed by atoms with van der Waals surface area (Å²) in [6.07, 6.45) is 5.75. The number of rotatable bonds is 4. The van der Waals surface area contributed by atoms with Crippen molar-refractivity contribution in [2.75, 3.05) is 18.0 Å². The van der Waals surface area contributed by atoms with Gasteiger partial charge in [0, 0.05) is 25.7 Å². The minimum Gasteiger partial charge on any atom is -0.481 e. The van der Waals surface area contributed by atoms with Crippen molar-refractivity contribution >= 4 is 11.8 Å². The molecule has 2 atom stereocenters. The molecular formula is C13H19N3O2. The molecule has 0 radical (unpaired) electrons. The van der Waals surface area contributed by atoms with E-state index in [0.29, 0.717) is 5.92 Å². The smallest absolute Gasteiger partial charge is 0.303 e. The van der Waals surface area contributed by atoms with Gasteiger partial charge in [-0.15, -0.1) is 0 Å². The summed E-state index contributed by atoms with van der Waals surface area (Å²) < 4.78 is 0. The third kappa shape index (κ3) is 3.18. The number of anilines is 1. The molecule has 1 fully saturated rings. The quantitative estimate of drug-likeness (QED) is 0.881. The predicted molar refractivity (Wildman–Crippen MR) is 68.4 cm³/mol. The number of carboxylic acid groups (broad SMARTS) is 1. The topological polar surface area (TPSA) is 66.3 Å². The van der Waals surface area contributed by atoms with Crippen molar-refractivity contribution in [3.63, 3.8) is 0 Å². The number of aliphatic carboxylic acids is 1. The second-order valence-electron chi connectivity index (χ2n) is 4.99. The van der Waals surface area contributed by atoms with E-state index in [0.717, 1.165) is 31.7 Å². The SMILES string of the molecule is CC(CC(=O)O)C1CCCN(c2ccncn2)C1. The molecule has 0 saturated carbocycles. The molecule has 98 valence electrons. The van der Waals surface area contributed by atoms with Gasteiger partial charge in [0.1, 0.15) is 12.1 Å². The highest BCUT2D eigenvalue weighted by atomic mass is 16.4. The van der Waals surface area contributed by atoms with Gasteiger partial charge < -0.3 is 10.0 Å². The monoisotopic (exact) mass is 249 g/mol. The van der Waals surface area contributed by atoms with Crippen LogP contribution in [0.2, 0.25) is 0 Å². The average molecular weight is 249 g/mol. The number of aromatic nitrogens is 2. The van der Waals surface area contributed by atoms with E-state index < -0.39 is 5.97 Å². The van der Waals surface area contributed by atoms with Crippen molar-refractivity contribution < 1.29 is 9.90 Å². The molecule has 18 heavy (non-hydrogen) atoms.